The molecular formula is C30H43N5O4. The van der Waals surface area contributed by atoms with E-state index in [9.17, 15) is 14.4 Å². The highest BCUT2D eigenvalue weighted by atomic mass is 16.6. The zero-order valence-electron chi connectivity index (χ0n) is 24.0. The molecule has 0 spiro atoms. The maximum Gasteiger partial charge on any atom is 0.410 e. The average Bonchev–Trinajstić information content (AvgIpc) is 3.19. The maximum absolute atomic E-state index is 12.6. The van der Waals surface area contributed by atoms with Gasteiger partial charge in [0, 0.05) is 50.2 Å². The average molecular weight is 538 g/mol. The highest BCUT2D eigenvalue weighted by Gasteiger charge is 2.34. The Morgan fingerprint density at radius 3 is 2.46 bits per heavy atom. The van der Waals surface area contributed by atoms with Crippen molar-refractivity contribution in [1.82, 2.24) is 20.0 Å². The predicted octanol–water partition coefficient (Wildman–Crippen LogP) is 4.74. The fraction of sp³-hybridized carbons (Fsp3) is 0.667. The molecule has 9 nitrogen and oxygen atoms in total. The molecule has 5 rings (SSSR count). The zero-order chi connectivity index (χ0) is 27.9. The van der Waals surface area contributed by atoms with E-state index in [2.05, 4.69) is 40.4 Å². The van der Waals surface area contributed by atoms with Gasteiger partial charge in [0.05, 0.1) is 17.1 Å². The van der Waals surface area contributed by atoms with E-state index in [-0.39, 0.29) is 29.9 Å². The number of carbonyl (C=O) groups excluding carboxylic acids is 3. The van der Waals surface area contributed by atoms with Crippen molar-refractivity contribution in [2.24, 2.45) is 18.9 Å². The monoisotopic (exact) mass is 537 g/mol. The molecule has 3 aliphatic rings. The number of hydrogen-bond donors (Lipinski definition) is 1. The fourth-order valence-electron chi connectivity index (χ4n) is 6.66. The lowest BCUT2D eigenvalue weighted by atomic mass is 9.81. The number of anilines is 1. The van der Waals surface area contributed by atoms with Gasteiger partial charge in [-0.1, -0.05) is 0 Å². The summed E-state index contributed by atoms with van der Waals surface area (Å²) in [4.78, 5) is 41.0. The molecule has 1 unspecified atom stereocenters. The summed E-state index contributed by atoms with van der Waals surface area (Å²) in [5.74, 6) is 0.537. The molecule has 3 saturated heterocycles. The lowest BCUT2D eigenvalue weighted by molar-refractivity contribution is -0.134. The maximum atomic E-state index is 12.6. The summed E-state index contributed by atoms with van der Waals surface area (Å²) in [6.45, 7) is 10.7. The first-order valence-electron chi connectivity index (χ1n) is 14.5. The van der Waals surface area contributed by atoms with Gasteiger partial charge in [-0.3, -0.25) is 19.6 Å². The van der Waals surface area contributed by atoms with Crippen molar-refractivity contribution in [3.05, 3.63) is 23.9 Å². The van der Waals surface area contributed by atoms with Crippen LogP contribution in [0.25, 0.3) is 10.9 Å². The Hall–Kier alpha value is -3.10. The number of hydrogen-bond acceptors (Lipinski definition) is 6. The van der Waals surface area contributed by atoms with Crippen molar-refractivity contribution in [2.45, 2.75) is 90.2 Å². The summed E-state index contributed by atoms with van der Waals surface area (Å²) in [7, 11) is 1.92. The number of aryl methyl sites for hydroxylation is 1. The van der Waals surface area contributed by atoms with Gasteiger partial charge in [-0.05, 0) is 96.3 Å². The summed E-state index contributed by atoms with van der Waals surface area (Å²) >= 11 is 0. The molecule has 0 saturated carbocycles. The van der Waals surface area contributed by atoms with E-state index in [0.29, 0.717) is 24.7 Å². The van der Waals surface area contributed by atoms with Gasteiger partial charge in [0.1, 0.15) is 5.60 Å². The van der Waals surface area contributed by atoms with Crippen molar-refractivity contribution in [3.63, 3.8) is 0 Å². The van der Waals surface area contributed by atoms with Crippen molar-refractivity contribution < 1.29 is 19.1 Å². The number of aromatic nitrogens is 2. The molecular weight excluding hydrogens is 494 g/mol. The topological polar surface area (TPSA) is 96.8 Å². The molecule has 0 aliphatic carbocycles. The summed E-state index contributed by atoms with van der Waals surface area (Å²) in [6.07, 6.45) is 6.35. The Labute approximate surface area is 231 Å². The Kier molecular flexibility index (Phi) is 7.62. The van der Waals surface area contributed by atoms with Crippen molar-refractivity contribution >= 4 is 34.5 Å². The smallest absolute Gasteiger partial charge is 0.410 e. The highest BCUT2D eigenvalue weighted by molar-refractivity contribution is 6.02. The Balaban J connectivity index is 1.16. The van der Waals surface area contributed by atoms with E-state index in [0.717, 1.165) is 49.1 Å². The molecule has 39 heavy (non-hydrogen) atoms. The summed E-state index contributed by atoms with van der Waals surface area (Å²) in [6, 6.07) is 6.64. The third-order valence-electron chi connectivity index (χ3n) is 8.69. The first kappa shape index (κ1) is 27.5. The Morgan fingerprint density at radius 1 is 1.08 bits per heavy atom. The molecule has 3 fully saturated rings. The molecule has 4 heterocycles. The summed E-state index contributed by atoms with van der Waals surface area (Å²) in [5, 5.41) is 8.13. The molecule has 1 aromatic carbocycles. The highest BCUT2D eigenvalue weighted by Crippen LogP contribution is 2.36. The first-order valence-corrected chi connectivity index (χ1v) is 14.5. The number of fused-ring (bicyclic) bond motifs is 1. The van der Waals surface area contributed by atoms with Gasteiger partial charge in [0.25, 0.3) is 0 Å². The van der Waals surface area contributed by atoms with E-state index in [1.54, 1.807) is 0 Å². The molecule has 0 bridgehead atoms. The van der Waals surface area contributed by atoms with Gasteiger partial charge in [0.15, 0.2) is 0 Å². The Bertz CT molecular complexity index is 1240. The summed E-state index contributed by atoms with van der Waals surface area (Å²) < 4.78 is 7.46. The largest absolute Gasteiger partial charge is 0.444 e. The standard InChI is InChI=1S/C30H43N5O4/c1-19-16-21(12-15-35(19)29(38)39-30(2,3)4)17-20-10-13-34(14-11-20)22-6-7-23-25(18-22)33(5)32-27(23)24-8-9-26(36)31-28(24)37/h6-7,18-21,24H,8-17H2,1-5H3,(H,31,36,37)/t19-,21+,24?/m0/s1. The van der Waals surface area contributed by atoms with Crippen LogP contribution in [0.5, 0.6) is 0 Å². The number of nitrogens with one attached hydrogen (secondary N) is 1. The lowest BCUT2D eigenvalue weighted by Gasteiger charge is -2.40. The Morgan fingerprint density at radius 2 is 1.79 bits per heavy atom. The number of piperidine rings is 3. The fourth-order valence-corrected chi connectivity index (χ4v) is 6.66. The van der Waals surface area contributed by atoms with Crippen LogP contribution in [0.15, 0.2) is 18.2 Å². The molecule has 3 amide bonds. The van der Waals surface area contributed by atoms with Gasteiger partial charge < -0.3 is 14.5 Å². The minimum absolute atomic E-state index is 0.184. The van der Waals surface area contributed by atoms with Crippen molar-refractivity contribution in [1.29, 1.82) is 0 Å². The van der Waals surface area contributed by atoms with E-state index in [1.165, 1.54) is 24.9 Å². The molecule has 2 aromatic rings. The normalized spacial score (nSPS) is 25.2. The number of ether oxygens (including phenoxy) is 1. The van der Waals surface area contributed by atoms with Crippen LogP contribution in [-0.4, -0.2) is 63.9 Å². The number of rotatable bonds is 4. The van der Waals surface area contributed by atoms with Gasteiger partial charge in [-0.2, -0.15) is 5.10 Å². The predicted molar refractivity (Wildman–Crippen MR) is 151 cm³/mol. The van der Waals surface area contributed by atoms with E-state index in [1.807, 2.05) is 37.4 Å². The minimum atomic E-state index is -0.460. The van der Waals surface area contributed by atoms with Gasteiger partial charge >= 0.3 is 6.09 Å². The van der Waals surface area contributed by atoms with E-state index >= 15 is 0 Å². The van der Waals surface area contributed by atoms with Crippen LogP contribution in [0, 0.1) is 11.8 Å². The molecule has 3 atom stereocenters. The third-order valence-corrected chi connectivity index (χ3v) is 8.69. The minimum Gasteiger partial charge on any atom is -0.444 e. The van der Waals surface area contributed by atoms with Crippen LogP contribution in [-0.2, 0) is 21.4 Å². The van der Waals surface area contributed by atoms with Crippen LogP contribution in [0.4, 0.5) is 10.5 Å². The SMILES string of the molecule is C[C@H]1C[C@H](CC2CCN(c3ccc4c(C5CCC(=O)NC5=O)nn(C)c4c3)CC2)CCN1C(=O)OC(C)(C)C. The van der Waals surface area contributed by atoms with E-state index < -0.39 is 5.60 Å². The van der Waals surface area contributed by atoms with E-state index in [4.69, 9.17) is 4.74 Å². The van der Waals surface area contributed by atoms with Gasteiger partial charge in [-0.15, -0.1) is 0 Å². The second-order valence-corrected chi connectivity index (χ2v) is 12.8. The molecule has 9 heteroatoms. The molecule has 3 aliphatic heterocycles. The molecule has 0 radical (unpaired) electrons. The van der Waals surface area contributed by atoms with Crippen LogP contribution >= 0.6 is 0 Å². The lowest BCUT2D eigenvalue weighted by Crippen LogP contribution is -2.47. The molecule has 212 valence electrons. The number of nitrogens with zero attached hydrogens (tertiary/aromatic N) is 4. The van der Waals surface area contributed by atoms with Crippen molar-refractivity contribution in [2.75, 3.05) is 24.5 Å². The quantitative estimate of drug-likeness (QED) is 0.566. The van der Waals surface area contributed by atoms with Crippen LogP contribution < -0.4 is 10.2 Å². The third kappa shape index (κ3) is 6.07. The number of carbonyl (C=O) groups is 3. The number of benzene rings is 1. The molecule has 1 aromatic heterocycles. The number of likely N-dealkylation sites (tertiary alicyclic amines) is 1. The van der Waals surface area contributed by atoms with Crippen LogP contribution in [0.1, 0.15) is 84.3 Å². The van der Waals surface area contributed by atoms with Crippen LogP contribution in [0.3, 0.4) is 0 Å². The second-order valence-electron chi connectivity index (χ2n) is 12.8. The summed E-state index contributed by atoms with van der Waals surface area (Å²) in [5.41, 5.74) is 2.51. The second kappa shape index (κ2) is 10.8. The van der Waals surface area contributed by atoms with Gasteiger partial charge in [0.2, 0.25) is 11.8 Å². The van der Waals surface area contributed by atoms with Gasteiger partial charge in [-0.25, -0.2) is 4.79 Å². The molecule has 1 N–H and O–H groups in total. The first-order chi connectivity index (χ1) is 18.5. The number of amides is 3. The van der Waals surface area contributed by atoms with Crippen molar-refractivity contribution in [3.8, 4) is 0 Å². The number of imide groups is 1. The van der Waals surface area contributed by atoms with Crippen LogP contribution in [0.2, 0.25) is 0 Å². The zero-order valence-corrected chi connectivity index (χ0v) is 24.0.